The molecule has 1 aromatic heterocycles. The molecule has 1 fully saturated rings. The van der Waals surface area contributed by atoms with E-state index in [2.05, 4.69) is 5.32 Å². The van der Waals surface area contributed by atoms with Gasteiger partial charge in [-0.3, -0.25) is 4.79 Å². The number of amides is 2. The van der Waals surface area contributed by atoms with Crippen molar-refractivity contribution in [2.75, 3.05) is 18.8 Å². The molecule has 3 N–H and O–H groups in total. The van der Waals surface area contributed by atoms with Crippen molar-refractivity contribution in [3.8, 4) is 10.4 Å². The first-order valence-electron chi connectivity index (χ1n) is 9.56. The molecule has 0 bridgehead atoms. The van der Waals surface area contributed by atoms with Crippen LogP contribution in [0.2, 0.25) is 0 Å². The van der Waals surface area contributed by atoms with Gasteiger partial charge in [-0.05, 0) is 57.4 Å². The third-order valence-electron chi connectivity index (χ3n) is 4.56. The van der Waals surface area contributed by atoms with E-state index in [-0.39, 0.29) is 23.9 Å². The third kappa shape index (κ3) is 5.47. The monoisotopic (exact) mass is 419 g/mol. The lowest BCUT2D eigenvalue weighted by Gasteiger charge is -2.33. The van der Waals surface area contributed by atoms with Crippen LogP contribution in [0.15, 0.2) is 30.3 Å². The van der Waals surface area contributed by atoms with Crippen LogP contribution in [0.5, 0.6) is 0 Å². The Balaban J connectivity index is 1.58. The van der Waals surface area contributed by atoms with E-state index in [0.717, 1.165) is 4.88 Å². The molecule has 8 heteroatoms. The number of rotatable bonds is 3. The summed E-state index contributed by atoms with van der Waals surface area (Å²) in [6.07, 6.45) is 0.963. The summed E-state index contributed by atoms with van der Waals surface area (Å²) in [5.41, 5.74) is 6.56. The number of likely N-dealkylation sites (tertiary alicyclic amines) is 1. The molecule has 2 heterocycles. The third-order valence-corrected chi connectivity index (χ3v) is 5.76. The van der Waals surface area contributed by atoms with Crippen molar-refractivity contribution < 1.29 is 18.7 Å². The summed E-state index contributed by atoms with van der Waals surface area (Å²) >= 11 is 1.24. The lowest BCUT2D eigenvalue weighted by molar-refractivity contribution is 0.0200. The normalized spacial score (nSPS) is 15.2. The largest absolute Gasteiger partial charge is 0.444 e. The van der Waals surface area contributed by atoms with Crippen molar-refractivity contribution in [3.05, 3.63) is 41.0 Å². The van der Waals surface area contributed by atoms with Gasteiger partial charge in [-0.1, -0.05) is 12.1 Å². The first-order valence-corrected chi connectivity index (χ1v) is 10.4. The maximum absolute atomic E-state index is 13.5. The number of nitrogen functional groups attached to an aromatic ring is 1. The molecule has 3 rings (SSSR count). The van der Waals surface area contributed by atoms with Gasteiger partial charge < -0.3 is 20.7 Å². The molecule has 0 saturated carbocycles. The van der Waals surface area contributed by atoms with Gasteiger partial charge in [-0.15, -0.1) is 11.3 Å². The van der Waals surface area contributed by atoms with Gasteiger partial charge in [0.05, 0.1) is 5.69 Å². The standard InChI is InChI=1S/C21H26FN3O3S/c1-21(2,3)28-20(27)25-9-7-15(8-10-25)24-19(26)18-16(23)12-17(29-18)13-5-4-6-14(22)11-13/h4-6,11-12,15H,7-10,23H2,1-3H3,(H,24,26). The molecule has 2 aromatic rings. The summed E-state index contributed by atoms with van der Waals surface area (Å²) in [6.45, 7) is 6.55. The van der Waals surface area contributed by atoms with Gasteiger partial charge in [0.25, 0.3) is 5.91 Å². The van der Waals surface area contributed by atoms with Gasteiger partial charge in [0.1, 0.15) is 16.3 Å². The van der Waals surface area contributed by atoms with Crippen molar-refractivity contribution in [2.24, 2.45) is 0 Å². The quantitative estimate of drug-likeness (QED) is 0.778. The zero-order valence-corrected chi connectivity index (χ0v) is 17.6. The van der Waals surface area contributed by atoms with E-state index in [1.165, 1.54) is 23.5 Å². The van der Waals surface area contributed by atoms with Gasteiger partial charge in [0.2, 0.25) is 0 Å². The van der Waals surface area contributed by atoms with Crippen molar-refractivity contribution in [3.63, 3.8) is 0 Å². The Labute approximate surface area is 173 Å². The molecule has 1 aliphatic rings. The van der Waals surface area contributed by atoms with Crippen molar-refractivity contribution >= 4 is 29.0 Å². The number of carbonyl (C=O) groups is 2. The Bertz CT molecular complexity index is 899. The van der Waals surface area contributed by atoms with Crippen LogP contribution in [-0.2, 0) is 4.74 Å². The molecule has 0 aliphatic carbocycles. The predicted octanol–water partition coefficient (Wildman–Crippen LogP) is 4.27. The number of piperidine rings is 1. The van der Waals surface area contributed by atoms with E-state index in [1.54, 1.807) is 23.1 Å². The van der Waals surface area contributed by atoms with Crippen LogP contribution in [0.25, 0.3) is 10.4 Å². The topological polar surface area (TPSA) is 84.7 Å². The highest BCUT2D eigenvalue weighted by molar-refractivity contribution is 7.18. The van der Waals surface area contributed by atoms with Gasteiger partial charge >= 0.3 is 6.09 Å². The van der Waals surface area contributed by atoms with Gasteiger partial charge in [0, 0.05) is 24.0 Å². The number of nitrogens with zero attached hydrogens (tertiary/aromatic N) is 1. The molecular weight excluding hydrogens is 393 g/mol. The fraction of sp³-hybridized carbons (Fsp3) is 0.429. The number of benzene rings is 1. The Morgan fingerprint density at radius 3 is 2.55 bits per heavy atom. The van der Waals surface area contributed by atoms with Crippen LogP contribution in [0.1, 0.15) is 43.3 Å². The lowest BCUT2D eigenvalue weighted by Crippen LogP contribution is -2.47. The molecule has 2 amide bonds. The lowest BCUT2D eigenvalue weighted by atomic mass is 10.1. The summed E-state index contributed by atoms with van der Waals surface area (Å²) in [5, 5.41) is 3.00. The molecule has 156 valence electrons. The minimum atomic E-state index is -0.530. The fourth-order valence-electron chi connectivity index (χ4n) is 3.15. The molecule has 1 saturated heterocycles. The van der Waals surface area contributed by atoms with E-state index in [1.807, 2.05) is 20.8 Å². The van der Waals surface area contributed by atoms with Crippen LogP contribution in [-0.4, -0.2) is 41.6 Å². The fourth-order valence-corrected chi connectivity index (χ4v) is 4.13. The number of anilines is 1. The van der Waals surface area contributed by atoms with Gasteiger partial charge in [0.15, 0.2) is 0 Å². The first-order chi connectivity index (χ1) is 13.6. The number of ether oxygens (including phenoxy) is 1. The zero-order valence-electron chi connectivity index (χ0n) is 16.8. The number of hydrogen-bond donors (Lipinski definition) is 2. The molecule has 0 radical (unpaired) electrons. The Kier molecular flexibility index (Phi) is 6.12. The molecule has 0 spiro atoms. The predicted molar refractivity (Wildman–Crippen MR) is 112 cm³/mol. The highest BCUT2D eigenvalue weighted by atomic mass is 32.1. The molecule has 0 unspecified atom stereocenters. The maximum Gasteiger partial charge on any atom is 0.410 e. The number of halogens is 1. The second-order valence-corrected chi connectivity index (χ2v) is 9.17. The number of thiophene rings is 1. The van der Waals surface area contributed by atoms with E-state index in [4.69, 9.17) is 10.5 Å². The van der Waals surface area contributed by atoms with Crippen molar-refractivity contribution in [1.82, 2.24) is 10.2 Å². The molecule has 1 aromatic carbocycles. The Hall–Kier alpha value is -2.61. The second-order valence-electron chi connectivity index (χ2n) is 8.12. The average Bonchev–Trinajstić information content (AvgIpc) is 3.03. The highest BCUT2D eigenvalue weighted by Crippen LogP contribution is 2.33. The summed E-state index contributed by atoms with van der Waals surface area (Å²) in [6, 6.07) is 7.85. The summed E-state index contributed by atoms with van der Waals surface area (Å²) in [5.74, 6) is -0.580. The molecular formula is C21H26FN3O3S. The van der Waals surface area contributed by atoms with Crippen LogP contribution < -0.4 is 11.1 Å². The molecule has 1 aliphatic heterocycles. The van der Waals surface area contributed by atoms with Gasteiger partial charge in [-0.25, -0.2) is 9.18 Å². The molecule has 29 heavy (non-hydrogen) atoms. The number of nitrogens with one attached hydrogen (secondary N) is 1. The molecule has 6 nitrogen and oxygen atoms in total. The van der Waals surface area contributed by atoms with Crippen molar-refractivity contribution in [2.45, 2.75) is 45.3 Å². The van der Waals surface area contributed by atoms with Crippen LogP contribution in [0, 0.1) is 5.82 Å². The van der Waals surface area contributed by atoms with E-state index in [9.17, 15) is 14.0 Å². The maximum atomic E-state index is 13.5. The molecule has 0 atom stereocenters. The number of hydrogen-bond acceptors (Lipinski definition) is 5. The second kappa shape index (κ2) is 8.41. The number of carbonyl (C=O) groups excluding carboxylic acids is 2. The van der Waals surface area contributed by atoms with E-state index >= 15 is 0 Å². The van der Waals surface area contributed by atoms with Crippen LogP contribution in [0.4, 0.5) is 14.9 Å². The smallest absolute Gasteiger partial charge is 0.410 e. The van der Waals surface area contributed by atoms with Crippen molar-refractivity contribution in [1.29, 1.82) is 0 Å². The van der Waals surface area contributed by atoms with Gasteiger partial charge in [-0.2, -0.15) is 0 Å². The minimum absolute atomic E-state index is 0.0414. The summed E-state index contributed by atoms with van der Waals surface area (Å²) in [7, 11) is 0. The highest BCUT2D eigenvalue weighted by Gasteiger charge is 2.28. The Morgan fingerprint density at radius 2 is 1.93 bits per heavy atom. The Morgan fingerprint density at radius 1 is 1.24 bits per heavy atom. The zero-order chi connectivity index (χ0) is 21.2. The SMILES string of the molecule is CC(C)(C)OC(=O)N1CCC(NC(=O)c2sc(-c3cccc(F)c3)cc2N)CC1. The van der Waals surface area contributed by atoms with E-state index < -0.39 is 5.60 Å². The van der Waals surface area contributed by atoms with Crippen LogP contribution in [0.3, 0.4) is 0 Å². The number of nitrogens with two attached hydrogens (primary N) is 1. The first kappa shape index (κ1) is 21.1. The van der Waals surface area contributed by atoms with E-state index in [0.29, 0.717) is 42.1 Å². The average molecular weight is 420 g/mol. The minimum Gasteiger partial charge on any atom is -0.444 e. The summed E-state index contributed by atoms with van der Waals surface area (Å²) in [4.78, 5) is 27.7. The summed E-state index contributed by atoms with van der Waals surface area (Å²) < 4.78 is 18.9. The van der Waals surface area contributed by atoms with Crippen LogP contribution >= 0.6 is 11.3 Å².